The second kappa shape index (κ2) is 10.7. The fraction of sp³-hybridized carbons (Fsp3) is 0.889. The molecule has 1 saturated heterocycles. The molecule has 10 heteroatoms. The van der Waals surface area contributed by atoms with Crippen molar-refractivity contribution in [3.63, 3.8) is 0 Å². The van der Waals surface area contributed by atoms with E-state index in [4.69, 9.17) is 0 Å². The molecule has 2 rings (SSSR count). The molecule has 1 saturated carbocycles. The molecular formula is C18H35N5O3S2. The van der Waals surface area contributed by atoms with E-state index in [1.54, 1.807) is 35.1 Å². The van der Waals surface area contributed by atoms with Gasteiger partial charge in [-0.15, -0.1) is 0 Å². The Bertz CT molecular complexity index is 640. The van der Waals surface area contributed by atoms with Crippen LogP contribution in [-0.2, 0) is 14.8 Å². The highest BCUT2D eigenvalue weighted by Crippen LogP contribution is 2.39. The lowest BCUT2D eigenvalue weighted by molar-refractivity contribution is -0.138. The summed E-state index contributed by atoms with van der Waals surface area (Å²) < 4.78 is 26.5. The number of carbonyl (C=O) groups excluding carboxylic acids is 1. The van der Waals surface area contributed by atoms with Crippen molar-refractivity contribution < 1.29 is 13.2 Å². The molecule has 0 radical (unpaired) electrons. The molecule has 0 aromatic rings. The van der Waals surface area contributed by atoms with Gasteiger partial charge in [0.15, 0.2) is 5.96 Å². The van der Waals surface area contributed by atoms with E-state index in [2.05, 4.69) is 15.6 Å². The van der Waals surface area contributed by atoms with Crippen molar-refractivity contribution in [3.05, 3.63) is 0 Å². The summed E-state index contributed by atoms with van der Waals surface area (Å²) in [6.45, 7) is 4.56. The number of carbonyl (C=O) groups is 1. The highest BCUT2D eigenvalue weighted by Gasteiger charge is 2.42. The lowest BCUT2D eigenvalue weighted by Crippen LogP contribution is -2.45. The van der Waals surface area contributed by atoms with Crippen LogP contribution < -0.4 is 10.6 Å². The minimum atomic E-state index is -3.25. The van der Waals surface area contributed by atoms with Gasteiger partial charge < -0.3 is 15.5 Å². The van der Waals surface area contributed by atoms with Crippen molar-refractivity contribution in [2.45, 2.75) is 32.6 Å². The van der Waals surface area contributed by atoms with E-state index in [0.29, 0.717) is 38.7 Å². The van der Waals surface area contributed by atoms with E-state index >= 15 is 0 Å². The number of rotatable bonds is 8. The Morgan fingerprint density at radius 3 is 2.39 bits per heavy atom. The number of thioether (sulfide) groups is 1. The van der Waals surface area contributed by atoms with E-state index in [1.807, 2.05) is 6.92 Å². The largest absolute Gasteiger partial charge is 0.357 e. The van der Waals surface area contributed by atoms with Crippen LogP contribution in [0.3, 0.4) is 0 Å². The van der Waals surface area contributed by atoms with Crippen molar-refractivity contribution >= 4 is 33.7 Å². The van der Waals surface area contributed by atoms with Crippen molar-refractivity contribution in [3.8, 4) is 0 Å². The van der Waals surface area contributed by atoms with Gasteiger partial charge in [0.05, 0.1) is 17.7 Å². The van der Waals surface area contributed by atoms with Crippen LogP contribution in [0.25, 0.3) is 0 Å². The van der Waals surface area contributed by atoms with Gasteiger partial charge in [0, 0.05) is 51.8 Å². The molecule has 28 heavy (non-hydrogen) atoms. The fourth-order valence-corrected chi connectivity index (χ4v) is 6.28. The first-order valence-corrected chi connectivity index (χ1v) is 12.9. The molecule has 0 unspecified atom stereocenters. The standard InChI is InChI=1S/C18H35N5O3S2/c1-4-19-17(20-9-14-28(25,26)23-10-12-27-13-11-23)21-15-18(7-5-6-8-18)16(24)22(2)3/h4-15H2,1-3H3,(H2,19,20,21). The fourth-order valence-electron chi connectivity index (χ4n) is 3.79. The second-order valence-electron chi connectivity index (χ2n) is 7.64. The van der Waals surface area contributed by atoms with E-state index in [9.17, 15) is 13.2 Å². The first-order chi connectivity index (χ1) is 13.3. The second-order valence-corrected chi connectivity index (χ2v) is 10.9. The molecular weight excluding hydrogens is 398 g/mol. The van der Waals surface area contributed by atoms with Gasteiger partial charge in [-0.25, -0.2) is 12.7 Å². The number of nitrogens with zero attached hydrogens (tertiary/aromatic N) is 3. The summed E-state index contributed by atoms with van der Waals surface area (Å²) in [5.74, 6) is 2.47. The van der Waals surface area contributed by atoms with Crippen LogP contribution in [0.15, 0.2) is 4.99 Å². The Hall–Kier alpha value is -1.00. The van der Waals surface area contributed by atoms with Gasteiger partial charge >= 0.3 is 0 Å². The lowest BCUT2D eigenvalue weighted by Gasteiger charge is -2.29. The quantitative estimate of drug-likeness (QED) is 0.429. The lowest BCUT2D eigenvalue weighted by atomic mass is 9.85. The van der Waals surface area contributed by atoms with Gasteiger partial charge in [0.1, 0.15) is 0 Å². The Labute approximate surface area is 173 Å². The molecule has 162 valence electrons. The molecule has 0 spiro atoms. The van der Waals surface area contributed by atoms with Gasteiger partial charge in [0.25, 0.3) is 0 Å². The zero-order valence-corrected chi connectivity index (χ0v) is 19.0. The third-order valence-corrected chi connectivity index (χ3v) is 8.13. The normalized spacial score (nSPS) is 20.8. The summed E-state index contributed by atoms with van der Waals surface area (Å²) in [6, 6.07) is 0. The topological polar surface area (TPSA) is 94.1 Å². The van der Waals surface area contributed by atoms with E-state index < -0.39 is 15.4 Å². The van der Waals surface area contributed by atoms with Crippen LogP contribution in [0, 0.1) is 5.41 Å². The number of sulfonamides is 1. The molecule has 0 bridgehead atoms. The van der Waals surface area contributed by atoms with Crippen molar-refractivity contribution in [2.75, 3.05) is 64.1 Å². The van der Waals surface area contributed by atoms with Crippen molar-refractivity contribution in [1.29, 1.82) is 0 Å². The Balaban J connectivity index is 1.95. The van der Waals surface area contributed by atoms with Crippen LogP contribution >= 0.6 is 11.8 Å². The van der Waals surface area contributed by atoms with Crippen LogP contribution in [0.2, 0.25) is 0 Å². The third kappa shape index (κ3) is 6.25. The number of guanidine groups is 1. The minimum absolute atomic E-state index is 0.0455. The maximum atomic E-state index is 12.7. The SMILES string of the molecule is CCNC(=NCC1(C(=O)N(C)C)CCCC1)NCCS(=O)(=O)N1CCSCC1. The molecule has 2 N–H and O–H groups in total. The van der Waals surface area contributed by atoms with E-state index in [1.165, 1.54) is 0 Å². The number of hydrogen-bond donors (Lipinski definition) is 2. The molecule has 1 aliphatic carbocycles. The summed E-state index contributed by atoms with van der Waals surface area (Å²) in [4.78, 5) is 19.0. The third-order valence-electron chi connectivity index (χ3n) is 5.32. The average Bonchev–Trinajstić information content (AvgIpc) is 3.16. The average molecular weight is 434 g/mol. The molecule has 0 aromatic carbocycles. The molecule has 8 nitrogen and oxygen atoms in total. The number of amides is 1. The summed E-state index contributed by atoms with van der Waals surface area (Å²) in [5.41, 5.74) is -0.427. The van der Waals surface area contributed by atoms with Crippen molar-refractivity contribution in [2.24, 2.45) is 10.4 Å². The maximum Gasteiger partial charge on any atom is 0.230 e. The van der Waals surface area contributed by atoms with Crippen LogP contribution in [0.4, 0.5) is 0 Å². The number of aliphatic imine (C=N–C) groups is 1. The van der Waals surface area contributed by atoms with E-state index in [0.717, 1.165) is 37.2 Å². The number of nitrogens with one attached hydrogen (secondary N) is 2. The minimum Gasteiger partial charge on any atom is -0.357 e. The Morgan fingerprint density at radius 1 is 1.18 bits per heavy atom. The van der Waals surface area contributed by atoms with Crippen LogP contribution in [0.5, 0.6) is 0 Å². The maximum absolute atomic E-state index is 12.7. The molecule has 0 atom stereocenters. The van der Waals surface area contributed by atoms with Crippen molar-refractivity contribution in [1.82, 2.24) is 19.8 Å². The van der Waals surface area contributed by atoms with Gasteiger partial charge in [-0.3, -0.25) is 9.79 Å². The predicted octanol–water partition coefficient (Wildman–Crippen LogP) is 0.569. The van der Waals surface area contributed by atoms with Crippen LogP contribution in [0.1, 0.15) is 32.6 Å². The Kier molecular flexibility index (Phi) is 8.88. The zero-order chi connectivity index (χ0) is 20.6. The highest BCUT2D eigenvalue weighted by molar-refractivity contribution is 7.99. The first kappa shape index (κ1) is 23.3. The summed E-state index contributed by atoms with van der Waals surface area (Å²) in [6.07, 6.45) is 3.80. The van der Waals surface area contributed by atoms with Gasteiger partial charge in [0.2, 0.25) is 15.9 Å². The molecule has 1 heterocycles. The summed E-state index contributed by atoms with van der Waals surface area (Å²) >= 11 is 1.79. The number of hydrogen-bond acceptors (Lipinski definition) is 5. The van der Waals surface area contributed by atoms with Crippen LogP contribution in [-0.4, -0.2) is 93.6 Å². The molecule has 0 aromatic heterocycles. The molecule has 1 aliphatic heterocycles. The Morgan fingerprint density at radius 2 is 1.82 bits per heavy atom. The monoisotopic (exact) mass is 433 g/mol. The van der Waals surface area contributed by atoms with E-state index in [-0.39, 0.29) is 11.7 Å². The highest BCUT2D eigenvalue weighted by atomic mass is 32.2. The zero-order valence-electron chi connectivity index (χ0n) is 17.4. The molecule has 2 aliphatic rings. The molecule has 1 amide bonds. The predicted molar refractivity (Wildman–Crippen MR) is 116 cm³/mol. The van der Waals surface area contributed by atoms with Gasteiger partial charge in [-0.05, 0) is 19.8 Å². The molecule has 2 fully saturated rings. The first-order valence-electron chi connectivity index (χ1n) is 10.1. The van der Waals surface area contributed by atoms with Gasteiger partial charge in [-0.1, -0.05) is 12.8 Å². The summed E-state index contributed by atoms with van der Waals surface area (Å²) in [7, 11) is 0.335. The van der Waals surface area contributed by atoms with Gasteiger partial charge in [-0.2, -0.15) is 11.8 Å². The smallest absolute Gasteiger partial charge is 0.230 e. The summed E-state index contributed by atoms with van der Waals surface area (Å²) in [5, 5.41) is 6.29.